The highest BCUT2D eigenvalue weighted by molar-refractivity contribution is 6.31. The van der Waals surface area contributed by atoms with Crippen molar-refractivity contribution < 1.29 is 18.0 Å². The van der Waals surface area contributed by atoms with Gasteiger partial charge in [0.05, 0.1) is 16.5 Å². The molecule has 4 aliphatic heterocycles. The fourth-order valence-electron chi connectivity index (χ4n) is 15.8. The molecule has 7 rings (SSSR count). The van der Waals surface area contributed by atoms with Gasteiger partial charge in [-0.05, 0) is 153 Å². The minimum absolute atomic E-state index is 0.0578. The van der Waals surface area contributed by atoms with Crippen molar-refractivity contribution in [2.75, 3.05) is 59.9 Å². The van der Waals surface area contributed by atoms with Crippen LogP contribution in [0.25, 0.3) is 0 Å². The van der Waals surface area contributed by atoms with E-state index in [4.69, 9.17) is 21.6 Å². The Morgan fingerprint density at radius 2 is 1.54 bits per heavy atom. The standard InChI is InChI=1S/C72H120ClF3N12O/c1-14-52(6)66-45-81-65(42-50(2)3)54(8)80-46-67-68(70(89)86-38-21-16-22-39-86)57(11)88(67)69(51(4)5)55(9)83-71(32-19-20-33-71)49-78-36-35-77-34-31-60(29-27-59-28-30-63(64(73)44-59)72(74,75)76)79-37-41-84(12)47-62(43-58-24-17-15-18-25-58)85(13)48-61-26-23-40-87(61)56(10)53(7)82-66/h28,30-31,34-35,37,41,44,47-48,50-58,65-69,78,80-83H,14-27,29,32-33,36,38-40,42-43,45-46,49H2,1-13H3/t52-,53?,54?,55?,56-,57?,65-,66+,67?,68-,69-/m0/s1. The molecule has 0 bridgehead atoms. The second kappa shape index (κ2) is 34.9. The first-order valence-corrected chi connectivity index (χ1v) is 35.5. The summed E-state index contributed by atoms with van der Waals surface area (Å²) in [5.41, 5.74) is 3.19. The summed E-state index contributed by atoms with van der Waals surface area (Å²) in [6, 6.07) is 5.84. The summed E-state index contributed by atoms with van der Waals surface area (Å²) in [5, 5.41) is 20.3. The van der Waals surface area contributed by atoms with Crippen LogP contribution < -0.4 is 26.6 Å². The molecule has 1 amide bonds. The summed E-state index contributed by atoms with van der Waals surface area (Å²) < 4.78 is 41.0. The number of allylic oxidation sites excluding steroid dienone is 3. The Balaban J connectivity index is 1.20. The van der Waals surface area contributed by atoms with E-state index in [9.17, 15) is 18.0 Å². The maximum absolute atomic E-state index is 14.8. The van der Waals surface area contributed by atoms with Crippen molar-refractivity contribution in [2.24, 2.45) is 39.6 Å². The molecular weight excluding hydrogens is 1140 g/mol. The molecule has 13 nitrogen and oxygen atoms in total. The van der Waals surface area contributed by atoms with Crippen LogP contribution in [-0.2, 0) is 17.4 Å². The molecule has 4 heterocycles. The van der Waals surface area contributed by atoms with E-state index in [1.807, 2.05) is 24.7 Å². The predicted octanol–water partition coefficient (Wildman–Crippen LogP) is 13.8. The van der Waals surface area contributed by atoms with Crippen molar-refractivity contribution in [1.82, 2.24) is 51.1 Å². The summed E-state index contributed by atoms with van der Waals surface area (Å²) in [5.74, 6) is 2.26. The average molecular weight is 1260 g/mol. The molecule has 1 aromatic carbocycles. The lowest BCUT2D eigenvalue weighted by Crippen LogP contribution is -2.76. The van der Waals surface area contributed by atoms with Crippen molar-refractivity contribution in [3.8, 4) is 0 Å². The molecule has 1 spiro atoms. The average Bonchev–Trinajstić information content (AvgIpc) is 1.38. The zero-order valence-electron chi connectivity index (χ0n) is 57.3. The van der Waals surface area contributed by atoms with Crippen LogP contribution >= 0.6 is 11.6 Å². The molecule has 5 unspecified atom stereocenters. The SMILES string of the molecule is CC[C@H](C)[C@H]1CN[C@@H](CC(C)C)C(C)NCC2[C@@H](C(=O)N3CCCCC3)C(C)N2[C@@H](C(C)C)C(C)NC2(CCCC2)CNCC=NC=CC(CCc2ccc(C(F)(F)F)c(Cl)c2)=NC=CN(C)C=C(CC2CCCCC2)N(C)C=C2CCCN2[C@@H](C)C(C)N1. The van der Waals surface area contributed by atoms with E-state index < -0.39 is 11.7 Å². The monoisotopic (exact) mass is 1260 g/mol. The van der Waals surface area contributed by atoms with Gasteiger partial charge in [-0.1, -0.05) is 111 Å². The number of alkyl halides is 3. The second-order valence-electron chi connectivity index (χ2n) is 28.9. The third kappa shape index (κ3) is 20.9. The number of aliphatic imine (C=N–C) groups is 2. The van der Waals surface area contributed by atoms with E-state index in [1.54, 1.807) is 6.20 Å². The maximum Gasteiger partial charge on any atom is 0.417 e. The molecule has 2 aliphatic carbocycles. The normalized spacial score (nSPS) is 30.0. The molecule has 17 heteroatoms. The Kier molecular flexibility index (Phi) is 28.5. The van der Waals surface area contributed by atoms with E-state index >= 15 is 0 Å². The summed E-state index contributed by atoms with van der Waals surface area (Å²) >= 11 is 6.19. The Labute approximate surface area is 542 Å². The Hall–Kier alpha value is -3.77. The number of likely N-dealkylation sites (tertiary alicyclic amines) is 1. The molecule has 2 saturated carbocycles. The lowest BCUT2D eigenvalue weighted by molar-refractivity contribution is -0.162. The quantitative estimate of drug-likeness (QED) is 0.147. The van der Waals surface area contributed by atoms with Gasteiger partial charge in [-0.15, -0.1) is 0 Å². The molecule has 502 valence electrons. The zero-order valence-corrected chi connectivity index (χ0v) is 58.0. The summed E-state index contributed by atoms with van der Waals surface area (Å²) in [6.45, 7) is 31.9. The van der Waals surface area contributed by atoms with Crippen LogP contribution in [0.2, 0.25) is 5.02 Å². The number of halogens is 4. The number of hydrogen-bond donors (Lipinski definition) is 5. The van der Waals surface area contributed by atoms with Crippen molar-refractivity contribution in [3.63, 3.8) is 0 Å². The highest BCUT2D eigenvalue weighted by atomic mass is 35.5. The second-order valence-corrected chi connectivity index (χ2v) is 29.3. The lowest BCUT2D eigenvalue weighted by atomic mass is 9.74. The van der Waals surface area contributed by atoms with E-state index in [2.05, 4.69) is 154 Å². The number of hydrogen-bond acceptors (Lipinski definition) is 12. The van der Waals surface area contributed by atoms with E-state index in [1.165, 1.54) is 74.9 Å². The highest BCUT2D eigenvalue weighted by Gasteiger charge is 2.55. The number of rotatable bonds is 11. The van der Waals surface area contributed by atoms with Gasteiger partial charge in [0.2, 0.25) is 5.91 Å². The summed E-state index contributed by atoms with van der Waals surface area (Å²) in [4.78, 5) is 36.5. The van der Waals surface area contributed by atoms with Crippen LogP contribution in [0.3, 0.4) is 0 Å². The topological polar surface area (TPSA) is 118 Å². The molecule has 0 radical (unpaired) electrons. The van der Waals surface area contributed by atoms with Crippen LogP contribution in [0.5, 0.6) is 0 Å². The van der Waals surface area contributed by atoms with Crippen molar-refractivity contribution in [2.45, 2.75) is 264 Å². The van der Waals surface area contributed by atoms with Gasteiger partial charge in [0.25, 0.3) is 0 Å². The lowest BCUT2D eigenvalue weighted by Gasteiger charge is -2.60. The minimum Gasteiger partial charge on any atom is -0.369 e. The molecular formula is C72H120ClF3N12O. The number of amides is 1. The first-order valence-electron chi connectivity index (χ1n) is 35.2. The van der Waals surface area contributed by atoms with Gasteiger partial charge in [-0.3, -0.25) is 19.7 Å². The fraction of sp³-hybridized carbons (Fsp3) is 0.764. The van der Waals surface area contributed by atoms with Crippen molar-refractivity contribution in [3.05, 3.63) is 82.8 Å². The van der Waals surface area contributed by atoms with Crippen LogP contribution in [0, 0.1) is 29.6 Å². The number of piperidine rings is 1. The van der Waals surface area contributed by atoms with E-state index in [0.717, 1.165) is 109 Å². The van der Waals surface area contributed by atoms with Crippen molar-refractivity contribution in [1.29, 1.82) is 0 Å². The predicted molar refractivity (Wildman–Crippen MR) is 366 cm³/mol. The van der Waals surface area contributed by atoms with Crippen molar-refractivity contribution >= 4 is 29.4 Å². The molecule has 0 aromatic heterocycles. The number of aryl methyl sites for hydroxylation is 1. The number of benzene rings is 1. The molecule has 5 N–H and O–H groups in total. The van der Waals surface area contributed by atoms with Crippen LogP contribution in [0.15, 0.2) is 76.7 Å². The number of nitrogens with one attached hydrogen (secondary N) is 5. The number of carbonyl (C=O) groups excluding carboxylic acids is 1. The maximum atomic E-state index is 14.8. The van der Waals surface area contributed by atoms with Gasteiger partial charge in [0.1, 0.15) is 0 Å². The molecule has 3 saturated heterocycles. The molecule has 5 fully saturated rings. The van der Waals surface area contributed by atoms with E-state index in [0.29, 0.717) is 54.5 Å². The van der Waals surface area contributed by atoms with E-state index in [-0.39, 0.29) is 70.9 Å². The Bertz CT molecular complexity index is 2510. The molecule has 6 aliphatic rings. The van der Waals surface area contributed by atoms with Crippen LogP contribution in [0.1, 0.15) is 203 Å². The molecule has 1 aromatic rings. The third-order valence-corrected chi connectivity index (χ3v) is 21.6. The van der Waals surface area contributed by atoms with Gasteiger partial charge >= 0.3 is 6.18 Å². The highest BCUT2D eigenvalue weighted by Crippen LogP contribution is 2.41. The van der Waals surface area contributed by atoms with Crippen LogP contribution in [-0.4, -0.2) is 162 Å². The number of nitrogens with zero attached hydrogens (tertiary/aromatic N) is 7. The smallest absolute Gasteiger partial charge is 0.369 e. The summed E-state index contributed by atoms with van der Waals surface area (Å²) in [7, 11) is 4.28. The van der Waals surface area contributed by atoms with Gasteiger partial charge in [0.15, 0.2) is 0 Å². The first-order chi connectivity index (χ1) is 42.5. The van der Waals surface area contributed by atoms with Gasteiger partial charge in [-0.25, -0.2) is 0 Å². The van der Waals surface area contributed by atoms with Gasteiger partial charge < -0.3 is 46.2 Å². The Morgan fingerprint density at radius 1 is 0.820 bits per heavy atom. The van der Waals surface area contributed by atoms with Gasteiger partial charge in [-0.2, -0.15) is 13.2 Å². The molecule has 11 atom stereocenters. The van der Waals surface area contributed by atoms with Crippen LogP contribution in [0.4, 0.5) is 13.2 Å². The van der Waals surface area contributed by atoms with Gasteiger partial charge in [0, 0.05) is 174 Å². The largest absolute Gasteiger partial charge is 0.417 e. The first kappa shape index (κ1) is 72.7. The number of carbonyl (C=O) groups is 1. The molecule has 89 heavy (non-hydrogen) atoms. The Morgan fingerprint density at radius 3 is 2.21 bits per heavy atom. The third-order valence-electron chi connectivity index (χ3n) is 21.3. The minimum atomic E-state index is -4.52. The number of fused-ring (bicyclic) bond motifs is 2. The fourth-order valence-corrected chi connectivity index (χ4v) is 16.1. The summed E-state index contributed by atoms with van der Waals surface area (Å²) in [6.07, 6.45) is 30.0. The zero-order chi connectivity index (χ0) is 64.4.